The van der Waals surface area contributed by atoms with Crippen LogP contribution in [-0.4, -0.2) is 0 Å². The van der Waals surface area contributed by atoms with Gasteiger partial charge in [0, 0.05) is 15.9 Å². The number of fused-ring (bicyclic) bond motifs is 20. The average Bonchev–Trinajstić information content (AvgIpc) is 4.15. The van der Waals surface area contributed by atoms with Crippen molar-refractivity contribution < 1.29 is 4.57 Å². The lowest BCUT2D eigenvalue weighted by molar-refractivity contribution is 0.592. The van der Waals surface area contributed by atoms with Crippen LogP contribution in [0.15, 0.2) is 267 Å². The largest absolute Gasteiger partial charge is 0.309 e. The van der Waals surface area contributed by atoms with E-state index < -0.39 is 22.9 Å². The minimum absolute atomic E-state index is 0.447. The van der Waals surface area contributed by atoms with Crippen LogP contribution >= 0.6 is 34.1 Å². The topological polar surface area (TPSA) is 17.1 Å². The minimum Gasteiger partial charge on any atom is -0.309 e. The molecule has 0 aliphatic heterocycles. The van der Waals surface area contributed by atoms with E-state index in [9.17, 15) is 0 Å². The maximum Gasteiger partial charge on any atom is 0.173 e. The Morgan fingerprint density at radius 1 is 0.264 bits per heavy atom. The van der Waals surface area contributed by atoms with Gasteiger partial charge in [0.05, 0.1) is 10.8 Å². The van der Waals surface area contributed by atoms with E-state index in [4.69, 9.17) is 0 Å². The molecule has 11 aromatic rings. The summed E-state index contributed by atoms with van der Waals surface area (Å²) in [6.07, 6.45) is 0. The molecule has 338 valence electrons. The standard InChI is InChI=1S/C68H44IOP2/c69-71(45-19-3-1-4-20-45,49-39-41-57-55-27-11-17-33-63(55)67(65(57)43-49)59-29-13-7-23-51(59)52-24-8-14-30-60(52)67)46-35-37-48(38-36-46)72(70,47-21-5-2-6-22-47)50-40-42-58-56-28-12-18-34-64(56)68(66(58)44-50)61-31-15-9-25-53(61)54-26-10-16-32-62(54)68/h1-44H/q+1. The molecular weight excluding hydrogens is 1020 g/mol. The third-order valence-corrected chi connectivity index (χ3v) is 27.6. The first-order valence-electron chi connectivity index (χ1n) is 24.8. The molecule has 0 heterocycles. The van der Waals surface area contributed by atoms with Gasteiger partial charge in [-0.25, -0.2) is 0 Å². The van der Waals surface area contributed by atoms with Crippen molar-refractivity contribution in [1.82, 2.24) is 0 Å². The van der Waals surface area contributed by atoms with Crippen molar-refractivity contribution in [2.45, 2.75) is 10.8 Å². The van der Waals surface area contributed by atoms with Gasteiger partial charge in [0.15, 0.2) is 34.1 Å². The van der Waals surface area contributed by atoms with Gasteiger partial charge in [-0.15, -0.1) is 0 Å². The molecule has 0 fully saturated rings. The molecule has 72 heavy (non-hydrogen) atoms. The Balaban J connectivity index is 0.917. The number of halogens is 1. The van der Waals surface area contributed by atoms with Gasteiger partial charge in [-0.2, -0.15) is 0 Å². The van der Waals surface area contributed by atoms with Crippen molar-refractivity contribution in [3.05, 3.63) is 311 Å². The normalized spacial score (nSPS) is 15.8. The molecular formula is C68H44IOP2+. The second-order valence-corrected chi connectivity index (χ2v) is 29.5. The molecule has 0 saturated carbocycles. The molecule has 0 saturated heterocycles. The SMILES string of the molecule is O=P(c1ccccc1)(c1ccc([P+](I)(c2ccccc2)c2ccc3c(c2)C2(c4ccccc4-c4ccccc42)c2ccccc2-3)cc1)c1ccc2c(c1)C1(c3ccccc3-c3ccccc31)c1ccccc1-2. The van der Waals surface area contributed by atoms with Gasteiger partial charge in [0.2, 0.25) is 0 Å². The summed E-state index contributed by atoms with van der Waals surface area (Å²) < 4.78 is 16.9. The molecule has 0 aromatic heterocycles. The molecule has 1 nitrogen and oxygen atoms in total. The number of rotatable bonds is 6. The first-order chi connectivity index (χ1) is 35.5. The zero-order valence-electron chi connectivity index (χ0n) is 39.1. The first-order valence-corrected chi connectivity index (χ1v) is 31.1. The Morgan fingerprint density at radius 3 is 0.986 bits per heavy atom. The Kier molecular flexibility index (Phi) is 9.24. The van der Waals surface area contributed by atoms with Gasteiger partial charge < -0.3 is 4.57 Å². The fourth-order valence-electron chi connectivity index (χ4n) is 13.6. The highest BCUT2D eigenvalue weighted by molar-refractivity contribution is 14.2. The summed E-state index contributed by atoms with van der Waals surface area (Å²) in [6.45, 7) is 0. The molecule has 11 aromatic carbocycles. The van der Waals surface area contributed by atoms with Crippen molar-refractivity contribution in [2.75, 3.05) is 0 Å². The lowest BCUT2D eigenvalue weighted by Gasteiger charge is -2.31. The molecule has 0 radical (unpaired) electrons. The zero-order valence-corrected chi connectivity index (χ0v) is 43.0. The van der Waals surface area contributed by atoms with Gasteiger partial charge in [-0.05, 0) is 144 Å². The van der Waals surface area contributed by atoms with Crippen LogP contribution in [0.5, 0.6) is 0 Å². The smallest absolute Gasteiger partial charge is 0.173 e. The highest BCUT2D eigenvalue weighted by Gasteiger charge is 2.55. The first kappa shape index (κ1) is 42.5. The lowest BCUT2D eigenvalue weighted by Crippen LogP contribution is -2.31. The van der Waals surface area contributed by atoms with E-state index in [1.807, 2.05) is 18.2 Å². The van der Waals surface area contributed by atoms with Crippen molar-refractivity contribution >= 4 is 65.9 Å². The minimum atomic E-state index is -3.46. The molecule has 4 aliphatic carbocycles. The number of hydrogen-bond donors (Lipinski definition) is 0. The maximum atomic E-state index is 16.9. The number of benzene rings is 11. The molecule has 0 amide bonds. The van der Waals surface area contributed by atoms with E-state index in [-0.39, 0.29) is 0 Å². The zero-order chi connectivity index (χ0) is 47.8. The highest BCUT2D eigenvalue weighted by atomic mass is 127. The lowest BCUT2D eigenvalue weighted by atomic mass is 9.70. The van der Waals surface area contributed by atoms with E-state index in [1.165, 1.54) is 105 Å². The Hall–Kier alpha value is -7.19. The molecule has 4 aliphatic rings. The average molecular weight is 1070 g/mol. The van der Waals surface area contributed by atoms with E-state index in [2.05, 4.69) is 271 Å². The summed E-state index contributed by atoms with van der Waals surface area (Å²) >= 11 is 2.83. The van der Waals surface area contributed by atoms with Gasteiger partial charge in [0.1, 0.15) is 15.9 Å². The summed E-state index contributed by atoms with van der Waals surface area (Å²) in [6, 6.07) is 98.1. The van der Waals surface area contributed by atoms with Crippen LogP contribution in [0, 0.1) is 0 Å². The van der Waals surface area contributed by atoms with Gasteiger partial charge in [-0.3, -0.25) is 0 Å². The Bertz CT molecular complexity index is 3980. The van der Waals surface area contributed by atoms with E-state index in [0.717, 1.165) is 15.9 Å². The predicted octanol–water partition coefficient (Wildman–Crippen LogP) is 14.7. The van der Waals surface area contributed by atoms with E-state index in [0.29, 0.717) is 0 Å². The Morgan fingerprint density at radius 2 is 0.556 bits per heavy atom. The molecule has 2 atom stereocenters. The third-order valence-electron chi connectivity index (χ3n) is 16.5. The molecule has 0 N–H and O–H groups in total. The van der Waals surface area contributed by atoms with Crippen LogP contribution in [-0.2, 0) is 15.4 Å². The van der Waals surface area contributed by atoms with Crippen LogP contribution in [0.25, 0.3) is 44.5 Å². The summed E-state index contributed by atoms with van der Waals surface area (Å²) in [5, 5.41) is 6.33. The van der Waals surface area contributed by atoms with E-state index in [1.54, 1.807) is 0 Å². The summed E-state index contributed by atoms with van der Waals surface area (Å²) in [4.78, 5) is -2.34. The van der Waals surface area contributed by atoms with Crippen LogP contribution in [0.2, 0.25) is 0 Å². The summed E-state index contributed by atoms with van der Waals surface area (Å²) in [5.41, 5.74) is 19.5. The van der Waals surface area contributed by atoms with Crippen molar-refractivity contribution in [3.8, 4) is 44.5 Å². The molecule has 2 unspecified atom stereocenters. The quantitative estimate of drug-likeness (QED) is 0.120. The fraction of sp³-hybridized carbons (Fsp3) is 0.0294. The van der Waals surface area contributed by atoms with Crippen molar-refractivity contribution in [2.24, 2.45) is 0 Å². The fourth-order valence-corrected chi connectivity index (χ4v) is 21.7. The van der Waals surface area contributed by atoms with Crippen molar-refractivity contribution in [1.29, 1.82) is 0 Å². The number of hydrogen-bond acceptors (Lipinski definition) is 1. The van der Waals surface area contributed by atoms with E-state index >= 15 is 4.57 Å². The monoisotopic (exact) mass is 1070 g/mol. The summed E-state index contributed by atoms with van der Waals surface area (Å²) in [7, 11) is -3.46. The summed E-state index contributed by atoms with van der Waals surface area (Å²) in [5.74, 6) is 0. The molecule has 0 bridgehead atoms. The molecule has 15 rings (SSSR count). The second-order valence-electron chi connectivity index (χ2n) is 19.6. The predicted molar refractivity (Wildman–Crippen MR) is 311 cm³/mol. The Labute approximate surface area is 434 Å². The molecule has 2 spiro atoms. The second kappa shape index (κ2) is 15.7. The van der Waals surface area contributed by atoms with Crippen LogP contribution in [0.1, 0.15) is 44.5 Å². The molecule has 4 heteroatoms. The highest BCUT2D eigenvalue weighted by Crippen LogP contribution is 2.67. The third kappa shape index (κ3) is 5.40. The van der Waals surface area contributed by atoms with Crippen LogP contribution in [0.3, 0.4) is 0 Å². The van der Waals surface area contributed by atoms with Crippen LogP contribution < -0.4 is 31.8 Å². The van der Waals surface area contributed by atoms with Gasteiger partial charge in [-0.1, -0.05) is 212 Å². The van der Waals surface area contributed by atoms with Crippen molar-refractivity contribution in [3.63, 3.8) is 0 Å². The van der Waals surface area contributed by atoms with Crippen LogP contribution in [0.4, 0.5) is 0 Å². The van der Waals surface area contributed by atoms with Gasteiger partial charge in [0.25, 0.3) is 0 Å². The maximum absolute atomic E-state index is 16.9. The van der Waals surface area contributed by atoms with Gasteiger partial charge >= 0.3 is 0 Å².